The van der Waals surface area contributed by atoms with Gasteiger partial charge in [-0.1, -0.05) is 12.1 Å². The molecule has 3 saturated heterocycles. The normalized spacial score (nSPS) is 22.5. The molecule has 3 aliphatic heterocycles. The first-order chi connectivity index (χ1) is 13.1. The average molecular weight is 366 g/mol. The maximum Gasteiger partial charge on any atom is 0.255 e. The number of amides is 1. The van der Waals surface area contributed by atoms with Crippen molar-refractivity contribution in [2.24, 2.45) is 5.92 Å². The lowest BCUT2D eigenvalue weighted by molar-refractivity contribution is 0.0584. The molecule has 0 aliphatic carbocycles. The van der Waals surface area contributed by atoms with Crippen LogP contribution in [-0.2, 0) is 6.54 Å². The molecule has 0 saturated carbocycles. The van der Waals surface area contributed by atoms with Crippen LogP contribution >= 0.6 is 0 Å². The Labute approximate surface area is 159 Å². The molecule has 6 nitrogen and oxygen atoms in total. The van der Waals surface area contributed by atoms with Crippen LogP contribution in [0.1, 0.15) is 28.8 Å². The maximum atomic E-state index is 13.0. The summed E-state index contributed by atoms with van der Waals surface area (Å²) >= 11 is 0. The number of ether oxygens (including phenoxy) is 1. The van der Waals surface area contributed by atoms with Gasteiger partial charge in [-0.15, -0.1) is 0 Å². The number of pyridine rings is 1. The Balaban J connectivity index is 1.46. The molecule has 2 bridgehead atoms. The smallest absolute Gasteiger partial charge is 0.255 e. The van der Waals surface area contributed by atoms with Crippen LogP contribution in [0.15, 0.2) is 42.6 Å². The minimum atomic E-state index is 0.0727. The molecule has 1 aromatic carbocycles. The largest absolute Gasteiger partial charge is 0.497 e. The van der Waals surface area contributed by atoms with Gasteiger partial charge in [-0.25, -0.2) is 4.98 Å². The van der Waals surface area contributed by atoms with Gasteiger partial charge in [0.25, 0.3) is 5.91 Å². The van der Waals surface area contributed by atoms with Crippen LogP contribution < -0.4 is 10.5 Å². The lowest BCUT2D eigenvalue weighted by atomic mass is 9.94. The van der Waals surface area contributed by atoms with Crippen LogP contribution in [0.5, 0.6) is 5.75 Å². The molecule has 3 fully saturated rings. The van der Waals surface area contributed by atoms with E-state index in [1.54, 1.807) is 25.4 Å². The van der Waals surface area contributed by atoms with Gasteiger partial charge in [-0.3, -0.25) is 9.69 Å². The second-order valence-electron chi connectivity index (χ2n) is 7.57. The molecular formula is C21H26N4O2. The monoisotopic (exact) mass is 366 g/mol. The maximum absolute atomic E-state index is 13.0. The van der Waals surface area contributed by atoms with Gasteiger partial charge in [-0.2, -0.15) is 0 Å². The number of nitrogens with two attached hydrogens (primary N) is 1. The van der Waals surface area contributed by atoms with Gasteiger partial charge in [0.1, 0.15) is 11.6 Å². The van der Waals surface area contributed by atoms with Gasteiger partial charge in [-0.05, 0) is 48.6 Å². The minimum absolute atomic E-state index is 0.0727. The molecule has 1 amide bonds. The summed E-state index contributed by atoms with van der Waals surface area (Å²) in [6.45, 7) is 3.68. The van der Waals surface area contributed by atoms with Crippen molar-refractivity contribution in [2.45, 2.75) is 25.4 Å². The van der Waals surface area contributed by atoms with Gasteiger partial charge in [0, 0.05) is 38.4 Å². The average Bonchev–Trinajstić information content (AvgIpc) is 2.99. The number of carbonyl (C=O) groups is 1. The molecule has 2 atom stereocenters. The van der Waals surface area contributed by atoms with Gasteiger partial charge in [0.15, 0.2) is 0 Å². The first-order valence-electron chi connectivity index (χ1n) is 9.50. The Morgan fingerprint density at radius 2 is 1.96 bits per heavy atom. The number of hydrogen-bond acceptors (Lipinski definition) is 5. The van der Waals surface area contributed by atoms with E-state index in [-0.39, 0.29) is 11.9 Å². The molecule has 2 N–H and O–H groups in total. The number of fused-ring (bicyclic) bond motifs is 4. The van der Waals surface area contributed by atoms with E-state index in [0.29, 0.717) is 17.3 Å². The van der Waals surface area contributed by atoms with Crippen LogP contribution in [0.25, 0.3) is 0 Å². The van der Waals surface area contributed by atoms with Crippen molar-refractivity contribution in [2.75, 3.05) is 32.5 Å². The summed E-state index contributed by atoms with van der Waals surface area (Å²) in [5.74, 6) is 1.91. The van der Waals surface area contributed by atoms with Crippen molar-refractivity contribution >= 4 is 11.7 Å². The second kappa shape index (κ2) is 7.56. The Kier molecular flexibility index (Phi) is 4.99. The number of nitrogen functional groups attached to an aromatic ring is 1. The van der Waals surface area contributed by atoms with Crippen molar-refractivity contribution in [1.29, 1.82) is 0 Å². The zero-order valence-electron chi connectivity index (χ0n) is 15.7. The highest BCUT2D eigenvalue weighted by molar-refractivity contribution is 5.94. The van der Waals surface area contributed by atoms with Crippen LogP contribution in [0.4, 0.5) is 5.82 Å². The van der Waals surface area contributed by atoms with E-state index in [4.69, 9.17) is 10.5 Å². The zero-order valence-corrected chi connectivity index (χ0v) is 15.7. The van der Waals surface area contributed by atoms with Crippen molar-refractivity contribution in [3.8, 4) is 5.75 Å². The van der Waals surface area contributed by atoms with Crippen LogP contribution in [-0.4, -0.2) is 53.5 Å². The van der Waals surface area contributed by atoms with E-state index in [2.05, 4.69) is 26.9 Å². The molecule has 1 aromatic heterocycles. The Bertz CT molecular complexity index is 791. The van der Waals surface area contributed by atoms with Gasteiger partial charge >= 0.3 is 0 Å². The second-order valence-corrected chi connectivity index (χ2v) is 7.57. The fraction of sp³-hybridized carbons (Fsp3) is 0.429. The van der Waals surface area contributed by atoms with Crippen molar-refractivity contribution in [1.82, 2.24) is 14.8 Å². The molecule has 5 rings (SSSR count). The van der Waals surface area contributed by atoms with E-state index in [1.807, 2.05) is 12.1 Å². The minimum Gasteiger partial charge on any atom is -0.497 e. The summed E-state index contributed by atoms with van der Waals surface area (Å²) in [5, 5.41) is 0. The number of piperidine rings is 1. The number of rotatable bonds is 4. The van der Waals surface area contributed by atoms with E-state index in [9.17, 15) is 4.79 Å². The summed E-state index contributed by atoms with van der Waals surface area (Å²) in [4.78, 5) is 21.6. The standard InChI is InChI=1S/C21H26N4O2/c1-27-19-7-3-15(4-8-19)11-24-12-16-2-6-18(14-24)25(13-16)21(26)17-5-9-20(22)23-10-17/h3-5,7-10,16,18H,2,6,11-14H2,1H3,(H2,22,23)/t16-,18+/m1/s1. The van der Waals surface area contributed by atoms with Crippen LogP contribution in [0.2, 0.25) is 0 Å². The molecule has 27 heavy (non-hydrogen) atoms. The number of anilines is 1. The SMILES string of the molecule is COc1ccc(CN2C[C@H]3CC[C@@H](C2)N(C(=O)c2ccc(N)nc2)C3)cc1. The number of aromatic nitrogens is 1. The van der Waals surface area contributed by atoms with Gasteiger partial charge < -0.3 is 15.4 Å². The summed E-state index contributed by atoms with van der Waals surface area (Å²) < 4.78 is 5.24. The molecule has 0 spiro atoms. The molecule has 0 unspecified atom stereocenters. The molecule has 142 valence electrons. The lowest BCUT2D eigenvalue weighted by Gasteiger charge is -2.36. The topological polar surface area (TPSA) is 71.7 Å². The quantitative estimate of drug-likeness (QED) is 0.900. The molecule has 3 aliphatic rings. The predicted molar refractivity (Wildman–Crippen MR) is 104 cm³/mol. The summed E-state index contributed by atoms with van der Waals surface area (Å²) in [6, 6.07) is 12.0. The number of benzene rings is 1. The fourth-order valence-electron chi connectivity index (χ4n) is 4.24. The van der Waals surface area contributed by atoms with Gasteiger partial charge in [0.2, 0.25) is 0 Å². The predicted octanol–water partition coefficient (Wildman–Crippen LogP) is 2.41. The summed E-state index contributed by atoms with van der Waals surface area (Å²) in [6.07, 6.45) is 3.84. The highest BCUT2D eigenvalue weighted by Gasteiger charge is 2.37. The Morgan fingerprint density at radius 3 is 2.67 bits per heavy atom. The van der Waals surface area contributed by atoms with Gasteiger partial charge in [0.05, 0.1) is 12.7 Å². The van der Waals surface area contributed by atoms with E-state index in [1.165, 1.54) is 12.0 Å². The highest BCUT2D eigenvalue weighted by atomic mass is 16.5. The van der Waals surface area contributed by atoms with E-state index < -0.39 is 0 Å². The molecule has 2 aromatic rings. The summed E-state index contributed by atoms with van der Waals surface area (Å²) in [7, 11) is 1.68. The first kappa shape index (κ1) is 17.8. The zero-order chi connectivity index (χ0) is 18.8. The van der Waals surface area contributed by atoms with Crippen LogP contribution in [0, 0.1) is 5.92 Å². The lowest BCUT2D eigenvalue weighted by Crippen LogP contribution is -2.47. The Hall–Kier alpha value is -2.60. The first-order valence-corrected chi connectivity index (χ1v) is 9.50. The number of nitrogens with zero attached hydrogens (tertiary/aromatic N) is 3. The third kappa shape index (κ3) is 3.90. The number of methoxy groups -OCH3 is 1. The molecule has 0 radical (unpaired) electrons. The van der Waals surface area contributed by atoms with E-state index >= 15 is 0 Å². The molecule has 6 heteroatoms. The third-order valence-corrected chi connectivity index (χ3v) is 5.65. The van der Waals surface area contributed by atoms with Crippen molar-refractivity contribution < 1.29 is 9.53 Å². The highest BCUT2D eigenvalue weighted by Crippen LogP contribution is 2.30. The van der Waals surface area contributed by atoms with E-state index in [0.717, 1.165) is 38.3 Å². The Morgan fingerprint density at radius 1 is 1.15 bits per heavy atom. The molecular weight excluding hydrogens is 340 g/mol. The summed E-state index contributed by atoms with van der Waals surface area (Å²) in [5.41, 5.74) is 7.55. The molecule has 4 heterocycles. The van der Waals surface area contributed by atoms with Crippen molar-refractivity contribution in [3.63, 3.8) is 0 Å². The number of carbonyl (C=O) groups excluding carboxylic acids is 1. The van der Waals surface area contributed by atoms with Crippen molar-refractivity contribution in [3.05, 3.63) is 53.7 Å². The number of hydrogen-bond donors (Lipinski definition) is 1. The third-order valence-electron chi connectivity index (χ3n) is 5.65. The fourth-order valence-corrected chi connectivity index (χ4v) is 4.24. The van der Waals surface area contributed by atoms with Crippen LogP contribution in [0.3, 0.4) is 0 Å².